The van der Waals surface area contributed by atoms with E-state index in [4.69, 9.17) is 0 Å². The minimum absolute atomic E-state index is 0.503. The summed E-state index contributed by atoms with van der Waals surface area (Å²) in [4.78, 5) is 0. The highest BCUT2D eigenvalue weighted by Gasteiger charge is 2.10. The molecule has 0 saturated heterocycles. The molecule has 0 bridgehead atoms. The van der Waals surface area contributed by atoms with Crippen LogP contribution in [-0.4, -0.2) is 10.2 Å². The Labute approximate surface area is 67.7 Å². The molecule has 0 aliphatic heterocycles. The Bertz CT molecular complexity index is 206. The Balaban J connectivity index is 2.77. The van der Waals surface area contributed by atoms with E-state index in [1.165, 1.54) is 0 Å². The fourth-order valence-electron chi connectivity index (χ4n) is 0.898. The topological polar surface area (TPSA) is 25.8 Å². The van der Waals surface area contributed by atoms with E-state index in [2.05, 4.69) is 31.0 Å². The molecule has 60 valence electrons. The third-order valence-electron chi connectivity index (χ3n) is 2.06. The zero-order valence-electron chi connectivity index (χ0n) is 7.28. The summed E-state index contributed by atoms with van der Waals surface area (Å²) in [7, 11) is 0. The van der Waals surface area contributed by atoms with Gasteiger partial charge in [0.05, 0.1) is 5.69 Å². The first-order valence-electron chi connectivity index (χ1n) is 3.99. The van der Waals surface area contributed by atoms with Gasteiger partial charge in [0.2, 0.25) is 0 Å². The van der Waals surface area contributed by atoms with Crippen LogP contribution >= 0.6 is 0 Å². The van der Waals surface area contributed by atoms with Crippen LogP contribution in [0.1, 0.15) is 32.4 Å². The van der Waals surface area contributed by atoms with Crippen molar-refractivity contribution in [3.05, 3.63) is 24.0 Å². The molecule has 0 aromatic carbocycles. The molecular weight excluding hydrogens is 136 g/mol. The van der Waals surface area contributed by atoms with E-state index in [9.17, 15) is 0 Å². The molecule has 1 atom stereocenters. The summed E-state index contributed by atoms with van der Waals surface area (Å²) in [6, 6.07) is 3.96. The summed E-state index contributed by atoms with van der Waals surface area (Å²) in [5.41, 5.74) is 1.09. The molecule has 1 rings (SSSR count). The van der Waals surface area contributed by atoms with Crippen LogP contribution < -0.4 is 0 Å². The van der Waals surface area contributed by atoms with Gasteiger partial charge in [0.25, 0.3) is 0 Å². The average Bonchev–Trinajstić information content (AvgIpc) is 2.05. The summed E-state index contributed by atoms with van der Waals surface area (Å²) < 4.78 is 0. The lowest BCUT2D eigenvalue weighted by Crippen LogP contribution is -2.04. The Hall–Kier alpha value is -0.920. The van der Waals surface area contributed by atoms with Crippen molar-refractivity contribution in [3.8, 4) is 0 Å². The maximum absolute atomic E-state index is 4.05. The second-order valence-electron chi connectivity index (χ2n) is 3.18. The second-order valence-corrected chi connectivity index (χ2v) is 3.18. The van der Waals surface area contributed by atoms with Gasteiger partial charge in [0.15, 0.2) is 0 Å². The van der Waals surface area contributed by atoms with Gasteiger partial charge in [-0.25, -0.2) is 0 Å². The monoisotopic (exact) mass is 150 g/mol. The van der Waals surface area contributed by atoms with Crippen molar-refractivity contribution in [2.45, 2.75) is 26.7 Å². The van der Waals surface area contributed by atoms with Gasteiger partial charge >= 0.3 is 0 Å². The zero-order chi connectivity index (χ0) is 8.27. The molecule has 0 spiro atoms. The van der Waals surface area contributed by atoms with E-state index >= 15 is 0 Å². The van der Waals surface area contributed by atoms with Crippen molar-refractivity contribution in [1.29, 1.82) is 0 Å². The maximum atomic E-state index is 4.05. The van der Waals surface area contributed by atoms with Crippen molar-refractivity contribution in [2.24, 2.45) is 5.92 Å². The smallest absolute Gasteiger partial charge is 0.0661 e. The summed E-state index contributed by atoms with van der Waals surface area (Å²) in [5, 5.41) is 7.89. The molecule has 2 nitrogen and oxygen atoms in total. The Morgan fingerprint density at radius 3 is 2.45 bits per heavy atom. The SMILES string of the molecule is CC(C)C(C)c1cccnn1. The molecule has 0 aliphatic carbocycles. The lowest BCUT2D eigenvalue weighted by Gasteiger charge is -2.12. The second kappa shape index (κ2) is 3.46. The van der Waals surface area contributed by atoms with Crippen molar-refractivity contribution in [3.63, 3.8) is 0 Å². The van der Waals surface area contributed by atoms with Crippen LogP contribution in [0, 0.1) is 5.92 Å². The highest BCUT2D eigenvalue weighted by atomic mass is 15.1. The van der Waals surface area contributed by atoms with Gasteiger partial charge < -0.3 is 0 Å². The molecule has 1 aromatic heterocycles. The molecule has 1 unspecified atom stereocenters. The fourth-order valence-corrected chi connectivity index (χ4v) is 0.898. The lowest BCUT2D eigenvalue weighted by atomic mass is 9.95. The van der Waals surface area contributed by atoms with Crippen LogP contribution in [0.15, 0.2) is 18.3 Å². The van der Waals surface area contributed by atoms with Gasteiger partial charge in [-0.2, -0.15) is 10.2 Å². The molecule has 1 aromatic rings. The largest absolute Gasteiger partial charge is 0.159 e. The van der Waals surface area contributed by atoms with Gasteiger partial charge in [0, 0.05) is 12.1 Å². The normalized spacial score (nSPS) is 13.5. The van der Waals surface area contributed by atoms with Crippen molar-refractivity contribution >= 4 is 0 Å². The Morgan fingerprint density at radius 1 is 1.27 bits per heavy atom. The lowest BCUT2D eigenvalue weighted by molar-refractivity contribution is 0.518. The van der Waals surface area contributed by atoms with Crippen LogP contribution in [0.5, 0.6) is 0 Å². The van der Waals surface area contributed by atoms with Crippen molar-refractivity contribution in [1.82, 2.24) is 10.2 Å². The number of rotatable bonds is 2. The van der Waals surface area contributed by atoms with Gasteiger partial charge in [-0.05, 0) is 18.1 Å². The molecule has 0 amide bonds. The first kappa shape index (κ1) is 8.18. The van der Waals surface area contributed by atoms with Crippen molar-refractivity contribution < 1.29 is 0 Å². The Kier molecular flexibility index (Phi) is 2.58. The molecule has 0 saturated carbocycles. The van der Waals surface area contributed by atoms with E-state index in [-0.39, 0.29) is 0 Å². The third-order valence-corrected chi connectivity index (χ3v) is 2.06. The van der Waals surface area contributed by atoms with Crippen LogP contribution in [0.4, 0.5) is 0 Å². The zero-order valence-corrected chi connectivity index (χ0v) is 7.28. The summed E-state index contributed by atoms with van der Waals surface area (Å²) >= 11 is 0. The highest BCUT2D eigenvalue weighted by molar-refractivity contribution is 5.05. The van der Waals surface area contributed by atoms with E-state index < -0.39 is 0 Å². The Morgan fingerprint density at radius 2 is 2.00 bits per heavy atom. The average molecular weight is 150 g/mol. The minimum Gasteiger partial charge on any atom is -0.159 e. The van der Waals surface area contributed by atoms with E-state index in [0.717, 1.165) is 5.69 Å². The van der Waals surface area contributed by atoms with E-state index in [1.54, 1.807) is 6.20 Å². The molecule has 2 heteroatoms. The molecule has 1 heterocycles. The standard InChI is InChI=1S/C9H14N2/c1-7(2)8(3)9-5-4-6-10-11-9/h4-8H,1-3H3. The summed E-state index contributed by atoms with van der Waals surface area (Å²) in [5.74, 6) is 1.13. The van der Waals surface area contributed by atoms with Crippen LogP contribution in [0.3, 0.4) is 0 Å². The number of hydrogen-bond acceptors (Lipinski definition) is 2. The number of aromatic nitrogens is 2. The highest BCUT2D eigenvalue weighted by Crippen LogP contribution is 2.20. The summed E-state index contributed by atoms with van der Waals surface area (Å²) in [6.45, 7) is 6.56. The minimum atomic E-state index is 0.503. The molecule has 0 fully saturated rings. The van der Waals surface area contributed by atoms with Crippen LogP contribution in [0.2, 0.25) is 0 Å². The predicted octanol–water partition coefficient (Wildman–Crippen LogP) is 2.24. The molecule has 0 N–H and O–H groups in total. The van der Waals surface area contributed by atoms with E-state index in [1.807, 2.05) is 12.1 Å². The third kappa shape index (κ3) is 2.00. The molecule has 0 radical (unpaired) electrons. The van der Waals surface area contributed by atoms with Crippen LogP contribution in [0.25, 0.3) is 0 Å². The number of hydrogen-bond donors (Lipinski definition) is 0. The first-order chi connectivity index (χ1) is 5.22. The first-order valence-corrected chi connectivity index (χ1v) is 3.99. The van der Waals surface area contributed by atoms with E-state index in [0.29, 0.717) is 11.8 Å². The summed E-state index contributed by atoms with van der Waals surface area (Å²) in [6.07, 6.45) is 1.70. The quantitative estimate of drug-likeness (QED) is 0.646. The number of nitrogens with zero attached hydrogens (tertiary/aromatic N) is 2. The van der Waals surface area contributed by atoms with Crippen molar-refractivity contribution in [2.75, 3.05) is 0 Å². The fraction of sp³-hybridized carbons (Fsp3) is 0.556. The molecule has 0 aliphatic rings. The van der Waals surface area contributed by atoms with Gasteiger partial charge in [0.1, 0.15) is 0 Å². The van der Waals surface area contributed by atoms with Crippen LogP contribution in [-0.2, 0) is 0 Å². The van der Waals surface area contributed by atoms with Gasteiger partial charge in [-0.1, -0.05) is 20.8 Å². The van der Waals surface area contributed by atoms with Gasteiger partial charge in [-0.15, -0.1) is 0 Å². The molecule has 11 heavy (non-hydrogen) atoms. The predicted molar refractivity (Wildman–Crippen MR) is 45.3 cm³/mol. The molecular formula is C9H14N2. The van der Waals surface area contributed by atoms with Gasteiger partial charge in [-0.3, -0.25) is 0 Å². The maximum Gasteiger partial charge on any atom is 0.0661 e.